The fourth-order valence-corrected chi connectivity index (χ4v) is 2.30. The summed E-state index contributed by atoms with van der Waals surface area (Å²) >= 11 is 0. The van der Waals surface area contributed by atoms with Crippen LogP contribution in [0.4, 0.5) is 5.69 Å². The molecule has 0 spiro atoms. The second-order valence-electron chi connectivity index (χ2n) is 6.03. The van der Waals surface area contributed by atoms with Gasteiger partial charge in [0.2, 0.25) is 5.91 Å². The number of carbonyl (C=O) groups is 2. The van der Waals surface area contributed by atoms with Gasteiger partial charge in [-0.3, -0.25) is 14.5 Å². The standard InChI is InChI=1S/C15H20N2O2/c1-10-13(18)16-12(15(2,3)4)14(19)17(10)11-8-6-5-7-9-11/h5-10,12H,1-4H3,(H,16,18). The van der Waals surface area contributed by atoms with Crippen molar-refractivity contribution in [2.24, 2.45) is 5.41 Å². The lowest BCUT2D eigenvalue weighted by atomic mass is 9.84. The molecule has 0 aliphatic carbocycles. The minimum atomic E-state index is -0.489. The van der Waals surface area contributed by atoms with E-state index in [2.05, 4.69) is 5.32 Å². The van der Waals surface area contributed by atoms with E-state index in [4.69, 9.17) is 0 Å². The first-order valence-electron chi connectivity index (χ1n) is 6.51. The van der Waals surface area contributed by atoms with Gasteiger partial charge in [0.25, 0.3) is 5.91 Å². The monoisotopic (exact) mass is 260 g/mol. The summed E-state index contributed by atoms with van der Waals surface area (Å²) in [5.74, 6) is -0.158. The van der Waals surface area contributed by atoms with Crippen LogP contribution in [0, 0.1) is 5.41 Å². The smallest absolute Gasteiger partial charge is 0.250 e. The van der Waals surface area contributed by atoms with Crippen molar-refractivity contribution in [2.45, 2.75) is 39.8 Å². The third kappa shape index (κ3) is 2.48. The number of nitrogens with one attached hydrogen (secondary N) is 1. The van der Waals surface area contributed by atoms with E-state index in [9.17, 15) is 9.59 Å². The Morgan fingerprint density at radius 2 is 1.68 bits per heavy atom. The fraction of sp³-hybridized carbons (Fsp3) is 0.467. The Labute approximate surface area is 113 Å². The number of benzene rings is 1. The molecule has 19 heavy (non-hydrogen) atoms. The highest BCUT2D eigenvalue weighted by Gasteiger charge is 2.44. The van der Waals surface area contributed by atoms with Gasteiger partial charge in [0.1, 0.15) is 12.1 Å². The molecule has 0 bridgehead atoms. The van der Waals surface area contributed by atoms with Gasteiger partial charge >= 0.3 is 0 Å². The molecule has 4 nitrogen and oxygen atoms in total. The summed E-state index contributed by atoms with van der Waals surface area (Å²) in [6, 6.07) is 8.37. The minimum absolute atomic E-state index is 0.0502. The third-order valence-electron chi connectivity index (χ3n) is 3.44. The molecule has 2 atom stereocenters. The molecule has 2 unspecified atom stereocenters. The average Bonchev–Trinajstić information content (AvgIpc) is 2.34. The molecule has 1 fully saturated rings. The number of rotatable bonds is 1. The first kappa shape index (κ1) is 13.6. The number of piperazine rings is 1. The van der Waals surface area contributed by atoms with E-state index in [0.29, 0.717) is 0 Å². The normalized spacial score (nSPS) is 24.3. The molecule has 1 aromatic rings. The van der Waals surface area contributed by atoms with Gasteiger partial charge in [-0.15, -0.1) is 0 Å². The van der Waals surface area contributed by atoms with Gasteiger partial charge in [0.05, 0.1) is 0 Å². The maximum absolute atomic E-state index is 12.6. The molecule has 2 rings (SSSR count). The second-order valence-corrected chi connectivity index (χ2v) is 6.03. The van der Waals surface area contributed by atoms with Gasteiger partial charge in [-0.2, -0.15) is 0 Å². The predicted molar refractivity (Wildman–Crippen MR) is 74.8 cm³/mol. The van der Waals surface area contributed by atoms with Gasteiger partial charge in [0.15, 0.2) is 0 Å². The summed E-state index contributed by atoms with van der Waals surface area (Å²) in [5.41, 5.74) is 0.462. The van der Waals surface area contributed by atoms with Gasteiger partial charge in [-0.1, -0.05) is 39.0 Å². The molecular formula is C15H20N2O2. The van der Waals surface area contributed by atoms with E-state index < -0.39 is 12.1 Å². The lowest BCUT2D eigenvalue weighted by Gasteiger charge is -2.42. The van der Waals surface area contributed by atoms with Crippen molar-refractivity contribution >= 4 is 17.5 Å². The Morgan fingerprint density at radius 3 is 2.21 bits per heavy atom. The summed E-state index contributed by atoms with van der Waals surface area (Å²) in [6.45, 7) is 7.61. The molecule has 1 saturated heterocycles. The Morgan fingerprint density at radius 1 is 1.11 bits per heavy atom. The largest absolute Gasteiger partial charge is 0.342 e. The van der Waals surface area contributed by atoms with E-state index in [-0.39, 0.29) is 17.2 Å². The van der Waals surface area contributed by atoms with Crippen molar-refractivity contribution in [2.75, 3.05) is 4.90 Å². The summed E-state index contributed by atoms with van der Waals surface area (Å²) in [4.78, 5) is 26.3. The Balaban J connectivity index is 2.41. The number of hydrogen-bond donors (Lipinski definition) is 1. The van der Waals surface area contributed by atoms with Crippen molar-refractivity contribution in [1.82, 2.24) is 5.32 Å². The van der Waals surface area contributed by atoms with E-state index in [1.165, 1.54) is 0 Å². The van der Waals surface area contributed by atoms with Crippen molar-refractivity contribution in [1.29, 1.82) is 0 Å². The summed E-state index contributed by atoms with van der Waals surface area (Å²) < 4.78 is 0. The highest BCUT2D eigenvalue weighted by Crippen LogP contribution is 2.28. The number of anilines is 1. The predicted octanol–water partition coefficient (Wildman–Crippen LogP) is 1.95. The molecule has 0 aromatic heterocycles. The molecule has 0 saturated carbocycles. The fourth-order valence-electron chi connectivity index (χ4n) is 2.30. The zero-order chi connectivity index (χ0) is 14.2. The average molecular weight is 260 g/mol. The lowest BCUT2D eigenvalue weighted by Crippen LogP contribution is -2.66. The summed E-state index contributed by atoms with van der Waals surface area (Å²) in [6.07, 6.45) is 0. The topological polar surface area (TPSA) is 49.4 Å². The maximum atomic E-state index is 12.6. The third-order valence-corrected chi connectivity index (χ3v) is 3.44. The first-order valence-corrected chi connectivity index (χ1v) is 6.51. The second kappa shape index (κ2) is 4.68. The summed E-state index contributed by atoms with van der Waals surface area (Å²) in [5, 5.41) is 2.83. The molecule has 1 heterocycles. The van der Waals surface area contributed by atoms with Crippen LogP contribution in [-0.2, 0) is 9.59 Å². The van der Waals surface area contributed by atoms with Crippen molar-refractivity contribution < 1.29 is 9.59 Å². The molecule has 2 amide bonds. The SMILES string of the molecule is CC1C(=O)NC(C(C)(C)C)C(=O)N1c1ccccc1. The first-order chi connectivity index (χ1) is 8.82. The highest BCUT2D eigenvalue weighted by atomic mass is 16.2. The van der Waals surface area contributed by atoms with Crippen LogP contribution in [0.25, 0.3) is 0 Å². The van der Waals surface area contributed by atoms with E-state index in [1.807, 2.05) is 51.1 Å². The molecule has 0 radical (unpaired) electrons. The minimum Gasteiger partial charge on any atom is -0.342 e. The van der Waals surface area contributed by atoms with Crippen molar-refractivity contribution in [3.63, 3.8) is 0 Å². The van der Waals surface area contributed by atoms with Crippen LogP contribution in [-0.4, -0.2) is 23.9 Å². The van der Waals surface area contributed by atoms with E-state index in [0.717, 1.165) is 5.69 Å². The van der Waals surface area contributed by atoms with Gasteiger partial charge in [-0.05, 0) is 24.5 Å². The molecule has 1 N–H and O–H groups in total. The number of nitrogens with zero attached hydrogens (tertiary/aromatic N) is 1. The van der Waals surface area contributed by atoms with Crippen LogP contribution < -0.4 is 10.2 Å². The van der Waals surface area contributed by atoms with Crippen LogP contribution >= 0.6 is 0 Å². The quantitative estimate of drug-likeness (QED) is 0.839. The maximum Gasteiger partial charge on any atom is 0.250 e. The highest BCUT2D eigenvalue weighted by molar-refractivity contribution is 6.08. The number of para-hydroxylation sites is 1. The van der Waals surface area contributed by atoms with E-state index >= 15 is 0 Å². The zero-order valence-electron chi connectivity index (χ0n) is 11.8. The lowest BCUT2D eigenvalue weighted by molar-refractivity contribution is -0.136. The Kier molecular flexibility index (Phi) is 3.35. The van der Waals surface area contributed by atoms with Crippen LogP contribution in [0.1, 0.15) is 27.7 Å². The Bertz CT molecular complexity index is 491. The van der Waals surface area contributed by atoms with Gasteiger partial charge in [0, 0.05) is 5.69 Å². The molecular weight excluding hydrogens is 240 g/mol. The number of hydrogen-bond acceptors (Lipinski definition) is 2. The van der Waals surface area contributed by atoms with Crippen LogP contribution in [0.15, 0.2) is 30.3 Å². The van der Waals surface area contributed by atoms with E-state index in [1.54, 1.807) is 11.8 Å². The van der Waals surface area contributed by atoms with Crippen molar-refractivity contribution in [3.8, 4) is 0 Å². The number of carbonyl (C=O) groups excluding carboxylic acids is 2. The molecule has 1 aliphatic rings. The number of amides is 2. The van der Waals surface area contributed by atoms with Gasteiger partial charge in [-0.25, -0.2) is 0 Å². The molecule has 102 valence electrons. The summed E-state index contributed by atoms with van der Waals surface area (Å²) in [7, 11) is 0. The van der Waals surface area contributed by atoms with Crippen molar-refractivity contribution in [3.05, 3.63) is 30.3 Å². The molecule has 4 heteroatoms. The Hall–Kier alpha value is -1.84. The van der Waals surface area contributed by atoms with Crippen LogP contribution in [0.3, 0.4) is 0 Å². The zero-order valence-corrected chi connectivity index (χ0v) is 11.8. The molecule has 1 aromatic carbocycles. The van der Waals surface area contributed by atoms with Crippen LogP contribution in [0.5, 0.6) is 0 Å². The van der Waals surface area contributed by atoms with Crippen LogP contribution in [0.2, 0.25) is 0 Å². The molecule has 1 aliphatic heterocycles. The van der Waals surface area contributed by atoms with Gasteiger partial charge < -0.3 is 5.32 Å².